The third-order valence-corrected chi connectivity index (χ3v) is 4.47. The van der Waals surface area contributed by atoms with Crippen molar-refractivity contribution in [2.45, 2.75) is 38.8 Å². The quantitative estimate of drug-likeness (QED) is 0.791. The van der Waals surface area contributed by atoms with Crippen molar-refractivity contribution in [3.8, 4) is 0 Å². The van der Waals surface area contributed by atoms with Crippen LogP contribution in [0, 0.1) is 0 Å². The van der Waals surface area contributed by atoms with Gasteiger partial charge in [-0.05, 0) is 31.0 Å². The van der Waals surface area contributed by atoms with E-state index in [1.54, 1.807) is 0 Å². The topological polar surface area (TPSA) is 47.6 Å². The van der Waals surface area contributed by atoms with Gasteiger partial charge in [0.2, 0.25) is 0 Å². The molecule has 2 aromatic carbocycles. The summed E-state index contributed by atoms with van der Waals surface area (Å²) >= 11 is 0. The number of esters is 1. The summed E-state index contributed by atoms with van der Waals surface area (Å²) in [7, 11) is 0. The molecule has 1 aliphatic rings. The van der Waals surface area contributed by atoms with Gasteiger partial charge in [-0.15, -0.1) is 0 Å². The largest absolute Gasteiger partial charge is 0.466 e. The van der Waals surface area contributed by atoms with Crippen LogP contribution < -0.4 is 5.32 Å². The molecule has 0 radical (unpaired) electrons. The third kappa shape index (κ3) is 4.20. The lowest BCUT2D eigenvalue weighted by Gasteiger charge is -2.33. The van der Waals surface area contributed by atoms with Crippen LogP contribution in [0.4, 0.5) is 5.69 Å². The molecule has 1 aliphatic heterocycles. The summed E-state index contributed by atoms with van der Waals surface area (Å²) in [5, 5.41) is 3.61. The Morgan fingerprint density at radius 2 is 1.92 bits per heavy atom. The van der Waals surface area contributed by atoms with Crippen LogP contribution in [0.2, 0.25) is 0 Å². The Hall–Kier alpha value is -2.33. The van der Waals surface area contributed by atoms with Crippen molar-refractivity contribution in [2.24, 2.45) is 0 Å². The Kier molecular flexibility index (Phi) is 5.71. The number of benzene rings is 2. The van der Waals surface area contributed by atoms with Crippen molar-refractivity contribution in [3.05, 3.63) is 65.2 Å². The molecule has 132 valence electrons. The maximum absolute atomic E-state index is 11.8. The number of ether oxygens (including phenoxy) is 2. The molecule has 4 heteroatoms. The van der Waals surface area contributed by atoms with Gasteiger partial charge in [-0.3, -0.25) is 4.79 Å². The maximum atomic E-state index is 11.8. The molecular weight excluding hydrogens is 314 g/mol. The van der Waals surface area contributed by atoms with Crippen molar-refractivity contribution < 1.29 is 14.3 Å². The SMILES string of the molecule is CCOC(=O)Cc1ccc2c(c1)C(OCC)CC(c1ccccc1)N2. The minimum atomic E-state index is -0.193. The number of nitrogens with one attached hydrogen (secondary N) is 1. The van der Waals surface area contributed by atoms with Gasteiger partial charge in [-0.1, -0.05) is 42.5 Å². The fourth-order valence-corrected chi connectivity index (χ4v) is 3.35. The van der Waals surface area contributed by atoms with Gasteiger partial charge < -0.3 is 14.8 Å². The van der Waals surface area contributed by atoms with Crippen LogP contribution >= 0.6 is 0 Å². The van der Waals surface area contributed by atoms with Crippen molar-refractivity contribution in [1.29, 1.82) is 0 Å². The Bertz CT molecular complexity index is 714. The van der Waals surface area contributed by atoms with Crippen LogP contribution in [0.3, 0.4) is 0 Å². The molecule has 1 heterocycles. The lowest BCUT2D eigenvalue weighted by Crippen LogP contribution is -2.23. The fourth-order valence-electron chi connectivity index (χ4n) is 3.35. The highest BCUT2D eigenvalue weighted by molar-refractivity contribution is 5.73. The van der Waals surface area contributed by atoms with E-state index >= 15 is 0 Å². The van der Waals surface area contributed by atoms with Crippen LogP contribution in [-0.2, 0) is 20.7 Å². The minimum Gasteiger partial charge on any atom is -0.466 e. The molecule has 2 atom stereocenters. The summed E-state index contributed by atoms with van der Waals surface area (Å²) in [4.78, 5) is 11.8. The van der Waals surface area contributed by atoms with Crippen molar-refractivity contribution in [2.75, 3.05) is 18.5 Å². The van der Waals surface area contributed by atoms with Crippen molar-refractivity contribution in [1.82, 2.24) is 0 Å². The zero-order chi connectivity index (χ0) is 17.6. The maximum Gasteiger partial charge on any atom is 0.310 e. The lowest BCUT2D eigenvalue weighted by molar-refractivity contribution is -0.142. The average molecular weight is 339 g/mol. The lowest BCUT2D eigenvalue weighted by atomic mass is 9.89. The Morgan fingerprint density at radius 3 is 2.64 bits per heavy atom. The standard InChI is InChI=1S/C21H25NO3/c1-3-24-20-14-19(16-8-6-5-7-9-16)22-18-11-10-15(12-17(18)20)13-21(23)25-4-2/h5-12,19-20,22H,3-4,13-14H2,1-2H3. The molecule has 4 nitrogen and oxygen atoms in total. The predicted molar refractivity (Wildman–Crippen MR) is 98.6 cm³/mol. The summed E-state index contributed by atoms with van der Waals surface area (Å²) in [6, 6.07) is 16.8. The molecule has 0 spiro atoms. The number of carbonyl (C=O) groups excluding carboxylic acids is 1. The van der Waals surface area contributed by atoms with Crippen molar-refractivity contribution in [3.63, 3.8) is 0 Å². The highest BCUT2D eigenvalue weighted by Gasteiger charge is 2.28. The summed E-state index contributed by atoms with van der Waals surface area (Å²) in [6.45, 7) is 4.91. The second-order valence-electron chi connectivity index (χ2n) is 6.19. The molecule has 3 rings (SSSR count). The van der Waals surface area contributed by atoms with E-state index in [9.17, 15) is 4.79 Å². The first kappa shape index (κ1) is 17.5. The number of rotatable bonds is 6. The molecule has 1 N–H and O–H groups in total. The molecule has 0 fully saturated rings. The highest BCUT2D eigenvalue weighted by Crippen LogP contribution is 2.41. The molecule has 0 amide bonds. The van der Waals surface area contributed by atoms with Gasteiger partial charge in [0, 0.05) is 24.3 Å². The second kappa shape index (κ2) is 8.17. The zero-order valence-electron chi connectivity index (χ0n) is 14.8. The average Bonchev–Trinajstić information content (AvgIpc) is 2.63. The smallest absolute Gasteiger partial charge is 0.310 e. The van der Waals surface area contributed by atoms with E-state index in [1.165, 1.54) is 5.56 Å². The molecule has 2 unspecified atom stereocenters. The number of carbonyl (C=O) groups is 1. The first-order valence-corrected chi connectivity index (χ1v) is 8.92. The summed E-state index contributed by atoms with van der Waals surface area (Å²) < 4.78 is 11.1. The molecule has 0 bridgehead atoms. The Balaban J connectivity index is 1.85. The second-order valence-corrected chi connectivity index (χ2v) is 6.19. The van der Waals surface area contributed by atoms with Gasteiger partial charge >= 0.3 is 5.97 Å². The fraction of sp³-hybridized carbons (Fsp3) is 0.381. The molecule has 0 saturated carbocycles. The van der Waals surface area contributed by atoms with Crippen LogP contribution in [0.5, 0.6) is 0 Å². The third-order valence-electron chi connectivity index (χ3n) is 4.47. The molecule has 25 heavy (non-hydrogen) atoms. The minimum absolute atomic E-state index is 0.0219. The van der Waals surface area contributed by atoms with Gasteiger partial charge in [0.15, 0.2) is 0 Å². The predicted octanol–water partition coefficient (Wildman–Crippen LogP) is 4.43. The summed E-state index contributed by atoms with van der Waals surface area (Å²) in [5.41, 5.74) is 4.41. The summed E-state index contributed by atoms with van der Waals surface area (Å²) in [5.74, 6) is -0.193. The molecule has 0 aromatic heterocycles. The van der Waals surface area contributed by atoms with Gasteiger partial charge in [0.1, 0.15) is 0 Å². The normalized spacial score (nSPS) is 19.0. The zero-order valence-corrected chi connectivity index (χ0v) is 14.8. The van der Waals surface area contributed by atoms with E-state index in [-0.39, 0.29) is 18.1 Å². The van der Waals surface area contributed by atoms with E-state index in [0.29, 0.717) is 19.6 Å². The van der Waals surface area contributed by atoms with E-state index in [1.807, 2.05) is 32.0 Å². The Labute approximate surface area is 149 Å². The summed E-state index contributed by atoms with van der Waals surface area (Å²) in [6.07, 6.45) is 1.18. The first-order valence-electron chi connectivity index (χ1n) is 8.92. The van der Waals surface area contributed by atoms with Gasteiger partial charge in [0.05, 0.1) is 25.2 Å². The van der Waals surface area contributed by atoms with Crippen LogP contribution in [0.25, 0.3) is 0 Å². The van der Waals surface area contributed by atoms with Gasteiger partial charge in [-0.25, -0.2) is 0 Å². The van der Waals surface area contributed by atoms with Gasteiger partial charge in [0.25, 0.3) is 0 Å². The van der Waals surface area contributed by atoms with Crippen LogP contribution in [0.15, 0.2) is 48.5 Å². The van der Waals surface area contributed by atoms with E-state index < -0.39 is 0 Å². The highest BCUT2D eigenvalue weighted by atomic mass is 16.5. The van der Waals surface area contributed by atoms with E-state index in [0.717, 1.165) is 23.2 Å². The molecular formula is C21H25NO3. The number of fused-ring (bicyclic) bond motifs is 1. The first-order chi connectivity index (χ1) is 12.2. The molecule has 2 aromatic rings. The number of anilines is 1. The monoisotopic (exact) mass is 339 g/mol. The van der Waals surface area contributed by atoms with Crippen LogP contribution in [0.1, 0.15) is 49.1 Å². The van der Waals surface area contributed by atoms with Gasteiger partial charge in [-0.2, -0.15) is 0 Å². The van der Waals surface area contributed by atoms with Crippen LogP contribution in [-0.4, -0.2) is 19.2 Å². The Morgan fingerprint density at radius 1 is 1.12 bits per heavy atom. The van der Waals surface area contributed by atoms with Crippen molar-refractivity contribution >= 4 is 11.7 Å². The van der Waals surface area contributed by atoms with E-state index in [4.69, 9.17) is 9.47 Å². The number of hydrogen-bond acceptors (Lipinski definition) is 4. The van der Waals surface area contributed by atoms with E-state index in [2.05, 4.69) is 35.6 Å². The molecule has 0 saturated heterocycles. The number of hydrogen-bond donors (Lipinski definition) is 1. The molecule has 0 aliphatic carbocycles.